The van der Waals surface area contributed by atoms with Crippen LogP contribution in [-0.4, -0.2) is 20.2 Å². The molecule has 2 N–H and O–H groups in total. The van der Waals surface area contributed by atoms with E-state index in [1.165, 1.54) is 7.11 Å². The smallest absolute Gasteiger partial charge is 0.305 e. The van der Waals surface area contributed by atoms with Gasteiger partial charge in [0.1, 0.15) is 6.61 Å². The average Bonchev–Trinajstić information content (AvgIpc) is 2.59. The van der Waals surface area contributed by atoms with Crippen LogP contribution in [-0.2, 0) is 22.6 Å². The predicted octanol–water partition coefficient (Wildman–Crippen LogP) is 2.96. The highest BCUT2D eigenvalue weighted by molar-refractivity contribution is 5.71. The van der Waals surface area contributed by atoms with E-state index in [-0.39, 0.29) is 12.4 Å². The number of carbonyl (C=O) groups excluding carboxylic acids is 1. The Morgan fingerprint density at radius 3 is 2.48 bits per heavy atom. The summed E-state index contributed by atoms with van der Waals surface area (Å²) in [5.74, 6) is 0.798. The van der Waals surface area contributed by atoms with Crippen LogP contribution in [0.15, 0.2) is 42.5 Å². The lowest BCUT2D eigenvalue weighted by Gasteiger charge is -2.15. The van der Waals surface area contributed by atoms with E-state index >= 15 is 0 Å². The van der Waals surface area contributed by atoms with Gasteiger partial charge in [0, 0.05) is 6.42 Å². The maximum absolute atomic E-state index is 11.3. The summed E-state index contributed by atoms with van der Waals surface area (Å²) >= 11 is 0. The molecule has 0 spiro atoms. The first-order valence-electron chi connectivity index (χ1n) is 7.34. The number of esters is 1. The summed E-state index contributed by atoms with van der Waals surface area (Å²) < 4.78 is 15.8. The van der Waals surface area contributed by atoms with Crippen LogP contribution in [0.1, 0.15) is 17.5 Å². The molecule has 0 radical (unpaired) electrons. The fraction of sp³-hybridized carbons (Fsp3) is 0.278. The summed E-state index contributed by atoms with van der Waals surface area (Å²) in [4.78, 5) is 11.3. The number of nitrogens with two attached hydrogens (primary N) is 1. The molecule has 122 valence electrons. The van der Waals surface area contributed by atoms with Gasteiger partial charge in [-0.2, -0.15) is 0 Å². The molecule has 0 aliphatic carbocycles. The molecule has 2 aromatic rings. The minimum atomic E-state index is -0.271. The van der Waals surface area contributed by atoms with E-state index in [4.69, 9.17) is 15.2 Å². The molecule has 0 bridgehead atoms. The number of nitrogen functional groups attached to an aromatic ring is 1. The maximum atomic E-state index is 11.3. The van der Waals surface area contributed by atoms with Crippen molar-refractivity contribution in [3.63, 3.8) is 0 Å². The largest absolute Gasteiger partial charge is 0.491 e. The quantitative estimate of drug-likeness (QED) is 0.628. The zero-order valence-electron chi connectivity index (χ0n) is 13.4. The molecular formula is C18H21NO4. The molecule has 0 saturated carbocycles. The molecule has 0 fully saturated rings. The van der Waals surface area contributed by atoms with E-state index in [2.05, 4.69) is 4.74 Å². The van der Waals surface area contributed by atoms with Crippen LogP contribution in [0.3, 0.4) is 0 Å². The van der Waals surface area contributed by atoms with Crippen molar-refractivity contribution in [1.29, 1.82) is 0 Å². The normalized spacial score (nSPS) is 10.2. The number of carbonyl (C=O) groups is 1. The highest BCUT2D eigenvalue weighted by Gasteiger charge is 2.14. The number of methoxy groups -OCH3 is 2. The molecule has 0 unspecified atom stereocenters. The van der Waals surface area contributed by atoms with Crippen molar-refractivity contribution in [3.05, 3.63) is 53.6 Å². The van der Waals surface area contributed by atoms with Crippen molar-refractivity contribution in [2.24, 2.45) is 0 Å². The second-order valence-electron chi connectivity index (χ2n) is 5.02. The standard InChI is InChI=1S/C18H21NO4/c1-21-16(20)11-9-14-8-10-15(18(22-2)17(14)19)23-12-13-6-4-3-5-7-13/h3-8,10H,9,11-12,19H2,1-2H3. The topological polar surface area (TPSA) is 70.8 Å². The number of anilines is 1. The second kappa shape index (κ2) is 8.08. The molecule has 2 rings (SSSR count). The van der Waals surface area contributed by atoms with Gasteiger partial charge in [0.05, 0.1) is 19.9 Å². The SMILES string of the molecule is COC(=O)CCc1ccc(OCc2ccccc2)c(OC)c1N. The Bertz CT molecular complexity index is 656. The van der Waals surface area contributed by atoms with Gasteiger partial charge in [0.25, 0.3) is 0 Å². The Balaban J connectivity index is 2.11. The number of rotatable bonds is 7. The molecule has 23 heavy (non-hydrogen) atoms. The van der Waals surface area contributed by atoms with E-state index in [0.717, 1.165) is 11.1 Å². The number of hydrogen-bond donors (Lipinski definition) is 1. The van der Waals surface area contributed by atoms with Crippen LogP contribution >= 0.6 is 0 Å². The van der Waals surface area contributed by atoms with Crippen molar-refractivity contribution >= 4 is 11.7 Å². The molecule has 5 nitrogen and oxygen atoms in total. The van der Waals surface area contributed by atoms with Crippen molar-refractivity contribution in [3.8, 4) is 11.5 Å². The van der Waals surface area contributed by atoms with E-state index in [9.17, 15) is 4.79 Å². The Hall–Kier alpha value is -2.69. The number of hydrogen-bond acceptors (Lipinski definition) is 5. The van der Waals surface area contributed by atoms with Crippen molar-refractivity contribution in [1.82, 2.24) is 0 Å². The fourth-order valence-corrected chi connectivity index (χ4v) is 2.24. The fourth-order valence-electron chi connectivity index (χ4n) is 2.24. The highest BCUT2D eigenvalue weighted by Crippen LogP contribution is 2.36. The van der Waals surface area contributed by atoms with Gasteiger partial charge in [-0.3, -0.25) is 4.79 Å². The average molecular weight is 315 g/mol. The van der Waals surface area contributed by atoms with Crippen LogP contribution in [0.2, 0.25) is 0 Å². The Morgan fingerprint density at radius 2 is 1.83 bits per heavy atom. The summed E-state index contributed by atoms with van der Waals surface area (Å²) in [5, 5.41) is 0. The van der Waals surface area contributed by atoms with Crippen molar-refractivity contribution < 1.29 is 19.0 Å². The lowest BCUT2D eigenvalue weighted by molar-refractivity contribution is -0.140. The molecule has 0 aliphatic heterocycles. The Labute approximate surface area is 136 Å². The molecule has 0 heterocycles. The van der Waals surface area contributed by atoms with E-state index in [0.29, 0.717) is 30.2 Å². The predicted molar refractivity (Wildman–Crippen MR) is 88.5 cm³/mol. The summed E-state index contributed by atoms with van der Waals surface area (Å²) in [5.41, 5.74) is 8.51. The van der Waals surface area contributed by atoms with Crippen LogP contribution in [0, 0.1) is 0 Å². The molecule has 0 aromatic heterocycles. The van der Waals surface area contributed by atoms with Gasteiger partial charge in [-0.05, 0) is 23.6 Å². The zero-order valence-corrected chi connectivity index (χ0v) is 13.4. The Kier molecular flexibility index (Phi) is 5.86. The van der Waals surface area contributed by atoms with Crippen molar-refractivity contribution in [2.45, 2.75) is 19.4 Å². The number of ether oxygens (including phenoxy) is 3. The summed E-state index contributed by atoms with van der Waals surface area (Å²) in [7, 11) is 2.91. The van der Waals surface area contributed by atoms with E-state index in [1.807, 2.05) is 42.5 Å². The summed E-state index contributed by atoms with van der Waals surface area (Å²) in [6.07, 6.45) is 0.766. The van der Waals surface area contributed by atoms with Crippen LogP contribution < -0.4 is 15.2 Å². The molecule has 5 heteroatoms. The van der Waals surface area contributed by atoms with Crippen LogP contribution in [0.5, 0.6) is 11.5 Å². The third-order valence-electron chi connectivity index (χ3n) is 3.52. The first-order valence-corrected chi connectivity index (χ1v) is 7.34. The lowest BCUT2D eigenvalue weighted by Crippen LogP contribution is -2.06. The minimum Gasteiger partial charge on any atom is -0.491 e. The molecule has 0 atom stereocenters. The van der Waals surface area contributed by atoms with Gasteiger partial charge in [-0.1, -0.05) is 36.4 Å². The van der Waals surface area contributed by atoms with E-state index in [1.54, 1.807) is 7.11 Å². The summed E-state index contributed by atoms with van der Waals surface area (Å²) in [6.45, 7) is 0.429. The third-order valence-corrected chi connectivity index (χ3v) is 3.52. The van der Waals surface area contributed by atoms with Gasteiger partial charge in [0.2, 0.25) is 0 Å². The lowest BCUT2D eigenvalue weighted by atomic mass is 10.1. The van der Waals surface area contributed by atoms with E-state index < -0.39 is 0 Å². The Morgan fingerprint density at radius 1 is 1.09 bits per heavy atom. The van der Waals surface area contributed by atoms with Gasteiger partial charge in [-0.15, -0.1) is 0 Å². The number of aryl methyl sites for hydroxylation is 1. The molecule has 2 aromatic carbocycles. The highest BCUT2D eigenvalue weighted by atomic mass is 16.5. The number of benzene rings is 2. The first-order chi connectivity index (χ1) is 11.2. The van der Waals surface area contributed by atoms with Crippen LogP contribution in [0.4, 0.5) is 5.69 Å². The van der Waals surface area contributed by atoms with Gasteiger partial charge < -0.3 is 19.9 Å². The molecular weight excluding hydrogens is 294 g/mol. The second-order valence-corrected chi connectivity index (χ2v) is 5.02. The monoisotopic (exact) mass is 315 g/mol. The van der Waals surface area contributed by atoms with Gasteiger partial charge in [0.15, 0.2) is 11.5 Å². The van der Waals surface area contributed by atoms with Crippen LogP contribution in [0.25, 0.3) is 0 Å². The van der Waals surface area contributed by atoms with Crippen molar-refractivity contribution in [2.75, 3.05) is 20.0 Å². The maximum Gasteiger partial charge on any atom is 0.305 e. The molecule has 0 aliphatic rings. The zero-order chi connectivity index (χ0) is 16.7. The first kappa shape index (κ1) is 16.7. The summed E-state index contributed by atoms with van der Waals surface area (Å²) in [6, 6.07) is 13.5. The molecule has 0 saturated heterocycles. The van der Waals surface area contributed by atoms with Gasteiger partial charge >= 0.3 is 5.97 Å². The molecule has 0 amide bonds. The minimum absolute atomic E-state index is 0.271. The van der Waals surface area contributed by atoms with Gasteiger partial charge in [-0.25, -0.2) is 0 Å². The third kappa shape index (κ3) is 4.39.